The molecule has 0 aliphatic carbocycles. The van der Waals surface area contributed by atoms with Gasteiger partial charge in [-0.25, -0.2) is 4.39 Å². The molecule has 4 aromatic rings. The molecule has 1 saturated heterocycles. The molecule has 1 aliphatic rings. The fraction of sp³-hybridized carbons (Fsp3) is 0.444. The topological polar surface area (TPSA) is 82.2 Å². The lowest BCUT2D eigenvalue weighted by Gasteiger charge is -2.39. The van der Waals surface area contributed by atoms with Crippen LogP contribution < -0.4 is 15.0 Å². The van der Waals surface area contributed by atoms with Crippen molar-refractivity contribution in [2.75, 3.05) is 45.2 Å². The molecule has 196 valence electrons. The molecule has 8 nitrogen and oxygen atoms in total. The molecule has 0 amide bonds. The standard InChI is InChI=1S/C27H33ClFN7O/c1-15-7-8-21-19(13-31-34-21)22(15)23-20(28)11-18-25(24(23)29)32-27(37-10-6-9-35(4)5)33-26(18)36-14-16(2)30-12-17(36)3/h7-8,11,13,16-17,30H,6,9-10,12,14H2,1-5H3,(H,31,34)/t16-,17+/m1/s1. The summed E-state index contributed by atoms with van der Waals surface area (Å²) in [7, 11) is 4.03. The third-order valence-electron chi connectivity index (χ3n) is 6.94. The van der Waals surface area contributed by atoms with Crippen LogP contribution >= 0.6 is 11.6 Å². The van der Waals surface area contributed by atoms with Gasteiger partial charge in [0.2, 0.25) is 0 Å². The maximum Gasteiger partial charge on any atom is 0.319 e. The lowest BCUT2D eigenvalue weighted by molar-refractivity contribution is 0.264. The van der Waals surface area contributed by atoms with E-state index in [-0.39, 0.29) is 23.6 Å². The lowest BCUT2D eigenvalue weighted by atomic mass is 9.95. The summed E-state index contributed by atoms with van der Waals surface area (Å²) >= 11 is 6.84. The normalized spacial score (nSPS) is 18.3. The fourth-order valence-electron chi connectivity index (χ4n) is 4.99. The molecule has 0 saturated carbocycles. The van der Waals surface area contributed by atoms with Crippen LogP contribution in [0.4, 0.5) is 10.2 Å². The minimum Gasteiger partial charge on any atom is -0.463 e. The Balaban J connectivity index is 1.69. The van der Waals surface area contributed by atoms with Gasteiger partial charge in [-0.2, -0.15) is 15.1 Å². The van der Waals surface area contributed by atoms with Gasteiger partial charge in [0.05, 0.1) is 23.3 Å². The summed E-state index contributed by atoms with van der Waals surface area (Å²) in [5, 5.41) is 12.3. The van der Waals surface area contributed by atoms with Crippen LogP contribution in [0.1, 0.15) is 25.8 Å². The number of hydrogen-bond donors (Lipinski definition) is 2. The Morgan fingerprint density at radius 1 is 1.19 bits per heavy atom. The average molecular weight is 526 g/mol. The Morgan fingerprint density at radius 3 is 2.78 bits per heavy atom. The summed E-state index contributed by atoms with van der Waals surface area (Å²) in [6, 6.07) is 6.24. The predicted molar refractivity (Wildman–Crippen MR) is 147 cm³/mol. The van der Waals surface area contributed by atoms with Gasteiger partial charge in [0.15, 0.2) is 5.82 Å². The maximum absolute atomic E-state index is 16.5. The van der Waals surface area contributed by atoms with Crippen LogP contribution in [-0.2, 0) is 0 Å². The molecular formula is C27H33ClFN7O. The maximum atomic E-state index is 16.5. The first-order valence-corrected chi connectivity index (χ1v) is 13.0. The number of nitrogens with one attached hydrogen (secondary N) is 2. The number of fused-ring (bicyclic) bond motifs is 2. The van der Waals surface area contributed by atoms with Crippen LogP contribution in [-0.4, -0.2) is 77.5 Å². The molecule has 37 heavy (non-hydrogen) atoms. The van der Waals surface area contributed by atoms with Crippen molar-refractivity contribution in [2.24, 2.45) is 0 Å². The van der Waals surface area contributed by atoms with Crippen molar-refractivity contribution in [1.82, 2.24) is 30.4 Å². The van der Waals surface area contributed by atoms with Crippen LogP contribution in [0.25, 0.3) is 32.9 Å². The second-order valence-corrected chi connectivity index (χ2v) is 10.6. The first kappa shape index (κ1) is 25.6. The zero-order valence-electron chi connectivity index (χ0n) is 21.9. The summed E-state index contributed by atoms with van der Waals surface area (Å²) in [6.07, 6.45) is 2.51. The summed E-state index contributed by atoms with van der Waals surface area (Å²) in [5.41, 5.74) is 2.92. The number of anilines is 1. The van der Waals surface area contributed by atoms with Gasteiger partial charge in [0, 0.05) is 53.6 Å². The zero-order chi connectivity index (χ0) is 26.3. The molecule has 2 atom stereocenters. The largest absolute Gasteiger partial charge is 0.463 e. The van der Waals surface area contributed by atoms with Crippen molar-refractivity contribution < 1.29 is 9.13 Å². The number of ether oxygens (including phenoxy) is 1. The zero-order valence-corrected chi connectivity index (χ0v) is 22.7. The first-order chi connectivity index (χ1) is 17.7. The number of aromatic nitrogens is 4. The van der Waals surface area contributed by atoms with Gasteiger partial charge in [-0.1, -0.05) is 17.7 Å². The highest BCUT2D eigenvalue weighted by Gasteiger charge is 2.29. The number of H-pyrrole nitrogens is 1. The Bertz CT molecular complexity index is 1440. The minimum atomic E-state index is -0.489. The van der Waals surface area contributed by atoms with E-state index in [0.29, 0.717) is 34.0 Å². The highest BCUT2D eigenvalue weighted by atomic mass is 35.5. The number of aryl methyl sites for hydroxylation is 1. The van der Waals surface area contributed by atoms with E-state index in [0.717, 1.165) is 42.5 Å². The van der Waals surface area contributed by atoms with Crippen molar-refractivity contribution in [3.63, 3.8) is 0 Å². The molecule has 0 radical (unpaired) electrons. The van der Waals surface area contributed by atoms with Crippen LogP contribution in [0.15, 0.2) is 24.4 Å². The third kappa shape index (κ3) is 4.95. The first-order valence-electron chi connectivity index (χ1n) is 12.6. The van der Waals surface area contributed by atoms with E-state index < -0.39 is 5.82 Å². The van der Waals surface area contributed by atoms with Crippen molar-refractivity contribution in [1.29, 1.82) is 0 Å². The molecule has 2 aromatic carbocycles. The van der Waals surface area contributed by atoms with E-state index in [4.69, 9.17) is 21.3 Å². The number of nitrogens with zero attached hydrogens (tertiary/aromatic N) is 5. The number of hydrogen-bond acceptors (Lipinski definition) is 7. The van der Waals surface area contributed by atoms with E-state index in [9.17, 15) is 0 Å². The van der Waals surface area contributed by atoms with Gasteiger partial charge in [0.1, 0.15) is 11.3 Å². The highest BCUT2D eigenvalue weighted by molar-refractivity contribution is 6.35. The molecule has 0 bridgehead atoms. The van der Waals surface area contributed by atoms with Crippen molar-refractivity contribution >= 4 is 39.2 Å². The number of piperazine rings is 1. The van der Waals surface area contributed by atoms with Crippen molar-refractivity contribution in [2.45, 2.75) is 39.3 Å². The second kappa shape index (κ2) is 10.4. The Hall–Kier alpha value is -3.01. The Morgan fingerprint density at radius 2 is 2.00 bits per heavy atom. The van der Waals surface area contributed by atoms with E-state index in [2.05, 4.69) is 44.1 Å². The number of halogens is 2. The number of aromatic amines is 1. The second-order valence-electron chi connectivity index (χ2n) is 10.2. The van der Waals surface area contributed by atoms with Gasteiger partial charge >= 0.3 is 6.01 Å². The number of rotatable bonds is 7. The van der Waals surface area contributed by atoms with E-state index in [1.54, 1.807) is 12.3 Å². The third-order valence-corrected chi connectivity index (χ3v) is 7.24. The number of benzene rings is 2. The van der Waals surface area contributed by atoms with Crippen LogP contribution in [0.2, 0.25) is 5.02 Å². The monoisotopic (exact) mass is 525 g/mol. The van der Waals surface area contributed by atoms with Gasteiger partial charge in [0.25, 0.3) is 0 Å². The predicted octanol–water partition coefficient (Wildman–Crippen LogP) is 4.79. The molecule has 2 aromatic heterocycles. The summed E-state index contributed by atoms with van der Waals surface area (Å²) in [5.74, 6) is 0.149. The molecule has 0 spiro atoms. The lowest BCUT2D eigenvalue weighted by Crippen LogP contribution is -2.54. The minimum absolute atomic E-state index is 0.152. The van der Waals surface area contributed by atoms with E-state index in [1.807, 2.05) is 33.2 Å². The molecule has 0 unspecified atom stereocenters. The van der Waals surface area contributed by atoms with Gasteiger partial charge in [-0.15, -0.1) is 0 Å². The van der Waals surface area contributed by atoms with Gasteiger partial charge < -0.3 is 19.9 Å². The molecule has 1 fully saturated rings. The smallest absolute Gasteiger partial charge is 0.319 e. The molecule has 10 heteroatoms. The van der Waals surface area contributed by atoms with Gasteiger partial charge in [-0.3, -0.25) is 5.10 Å². The quantitative estimate of drug-likeness (QED) is 0.336. The molecule has 3 heterocycles. The van der Waals surface area contributed by atoms with Crippen LogP contribution in [0.3, 0.4) is 0 Å². The SMILES string of the molecule is Cc1ccc2[nH]ncc2c1-c1c(Cl)cc2c(N3C[C@@H](C)NC[C@@H]3C)nc(OCCCN(C)C)nc2c1F. The fourth-order valence-corrected chi connectivity index (χ4v) is 5.28. The Kier molecular flexibility index (Phi) is 7.20. The summed E-state index contributed by atoms with van der Waals surface area (Å²) in [6.45, 7) is 9.02. The van der Waals surface area contributed by atoms with Gasteiger partial charge in [-0.05, 0) is 59.0 Å². The van der Waals surface area contributed by atoms with Crippen molar-refractivity contribution in [3.05, 3.63) is 40.8 Å². The summed E-state index contributed by atoms with van der Waals surface area (Å²) in [4.78, 5) is 13.6. The molecule has 1 aliphatic heterocycles. The van der Waals surface area contributed by atoms with Crippen molar-refractivity contribution in [3.8, 4) is 17.1 Å². The van der Waals surface area contributed by atoms with E-state index >= 15 is 4.39 Å². The average Bonchev–Trinajstić information content (AvgIpc) is 3.33. The highest BCUT2D eigenvalue weighted by Crippen LogP contribution is 2.42. The summed E-state index contributed by atoms with van der Waals surface area (Å²) < 4.78 is 22.5. The van der Waals surface area contributed by atoms with E-state index in [1.165, 1.54) is 0 Å². The molecule has 2 N–H and O–H groups in total. The molecular weight excluding hydrogens is 493 g/mol. The van der Waals surface area contributed by atoms with Crippen LogP contribution in [0, 0.1) is 12.7 Å². The van der Waals surface area contributed by atoms with Crippen LogP contribution in [0.5, 0.6) is 6.01 Å². The Labute approximate surface area is 221 Å². The molecule has 5 rings (SSSR count).